The maximum Gasteiger partial charge on any atom is 0.137 e. The second kappa shape index (κ2) is 17.9. The van der Waals surface area contributed by atoms with Gasteiger partial charge in [0.25, 0.3) is 0 Å². The Morgan fingerprint density at radius 2 is 0.633 bits per heavy atom. The van der Waals surface area contributed by atoms with Gasteiger partial charge >= 0.3 is 0 Å². The minimum atomic E-state index is 0.838. The molecule has 8 heteroatoms. The van der Waals surface area contributed by atoms with E-state index in [9.17, 15) is 0 Å². The molecular weight excluding hydrogens is 1120 g/mol. The van der Waals surface area contributed by atoms with Crippen LogP contribution in [0.1, 0.15) is 0 Å². The van der Waals surface area contributed by atoms with E-state index in [-0.39, 0.29) is 0 Å². The van der Waals surface area contributed by atoms with E-state index in [1.165, 1.54) is 74.6 Å². The number of aromatic nitrogens is 1. The van der Waals surface area contributed by atoms with Gasteiger partial charge in [-0.3, -0.25) is 0 Å². The molecule has 7 nitrogen and oxygen atoms in total. The highest BCUT2D eigenvalue weighted by Gasteiger charge is 2.25. The smallest absolute Gasteiger partial charge is 0.137 e. The van der Waals surface area contributed by atoms with Crippen LogP contribution < -0.4 is 9.80 Å². The van der Waals surface area contributed by atoms with Crippen molar-refractivity contribution in [3.63, 3.8) is 0 Å². The van der Waals surface area contributed by atoms with Crippen LogP contribution in [0, 0.1) is 0 Å². The third-order valence-electron chi connectivity index (χ3n) is 19.0. The fourth-order valence-corrected chi connectivity index (χ4v) is 16.1. The molecule has 0 aliphatic rings. The first-order valence-corrected chi connectivity index (χ1v) is 31.2. The van der Waals surface area contributed by atoms with E-state index >= 15 is 0 Å². The summed E-state index contributed by atoms with van der Waals surface area (Å²) in [6.45, 7) is 0. The Morgan fingerprint density at radius 1 is 0.233 bits per heavy atom. The summed E-state index contributed by atoms with van der Waals surface area (Å²) in [5, 5.41) is 18.4. The maximum absolute atomic E-state index is 6.59. The number of nitrogens with zero attached hydrogens (tertiary/aromatic N) is 3. The van der Waals surface area contributed by atoms with Crippen molar-refractivity contribution in [1.82, 2.24) is 4.40 Å². The fraction of sp³-hybridized carbons (Fsp3) is 0. The zero-order valence-corrected chi connectivity index (χ0v) is 48.7. The molecule has 0 aliphatic heterocycles. The minimum absolute atomic E-state index is 0.838. The Kier molecular flexibility index (Phi) is 9.60. The van der Waals surface area contributed by atoms with E-state index in [2.05, 4.69) is 239 Å². The molecule has 0 bridgehead atoms. The highest BCUT2D eigenvalue weighted by atomic mass is 32.1. The quantitative estimate of drug-likeness (QED) is 0.158. The summed E-state index contributed by atoms with van der Waals surface area (Å²) in [5.74, 6) is 0. The highest BCUT2D eigenvalue weighted by molar-refractivity contribution is 7.26. The lowest BCUT2D eigenvalue weighted by molar-refractivity contribution is 0.668. The molecule has 14 aromatic carbocycles. The Balaban J connectivity index is 0.761. The van der Waals surface area contributed by atoms with Gasteiger partial charge in [0.15, 0.2) is 0 Å². The standard InChI is InChI=1S/C82H45N3O4S/c1-2-12-46(13-3-1)47-36-68-56-28-22-52(83(50-26-32-76-65(40-50)59-16-6-10-20-74(59)86-76)53-23-29-61-57-14-4-8-18-72(57)88-78(61)43-53)42-71(56)85-70-38-48-35-67-63-31-25-55(45-81(63)90-80(67)39-49(48)34-64(70)69(37-47)82(68)85)84(51-27-33-77-66(41-51)60-17-7-11-21-75(60)87-77)54-24-30-62-58-15-5-9-19-73(58)89-79(62)44-54/h1-45H. The number of furan rings is 4. The Bertz CT molecular complexity index is 6630. The fourth-order valence-electron chi connectivity index (χ4n) is 14.9. The lowest BCUT2D eigenvalue weighted by Gasteiger charge is -2.25. The van der Waals surface area contributed by atoms with Crippen LogP contribution in [-0.2, 0) is 0 Å². The topological polar surface area (TPSA) is 63.5 Å². The SMILES string of the molecule is c1ccc(-c2cc3c4ccc(N(c5ccc6c(c5)oc5ccccc56)c5ccc6oc7ccccc7c6c5)cc4n4c5cc6cc7c(cc6cc5c(c2)c34)sc2cc(N(c3ccc4c(c3)oc3ccccc34)c3ccc4oc5ccccc5c4c3)ccc27)cc1. The lowest BCUT2D eigenvalue weighted by atomic mass is 9.98. The number of thiophene rings is 1. The zero-order valence-electron chi connectivity index (χ0n) is 47.9. The number of hydrogen-bond acceptors (Lipinski definition) is 7. The summed E-state index contributed by atoms with van der Waals surface area (Å²) in [4.78, 5) is 4.72. The average Bonchev–Trinajstić information content (AvgIpc) is 1.54. The first-order valence-electron chi connectivity index (χ1n) is 30.4. The molecule has 0 radical (unpaired) electrons. The van der Waals surface area contributed by atoms with Crippen LogP contribution in [0.3, 0.4) is 0 Å². The molecule has 0 saturated heterocycles. The van der Waals surface area contributed by atoms with Crippen molar-refractivity contribution in [3.8, 4) is 11.1 Å². The zero-order chi connectivity index (χ0) is 58.4. The van der Waals surface area contributed by atoms with E-state index in [1.54, 1.807) is 0 Å². The molecule has 0 atom stereocenters. The van der Waals surface area contributed by atoms with Gasteiger partial charge in [-0.05, 0) is 167 Å². The van der Waals surface area contributed by atoms with Crippen molar-refractivity contribution < 1.29 is 17.7 Å². The van der Waals surface area contributed by atoms with Crippen molar-refractivity contribution in [3.05, 3.63) is 273 Å². The average molecular weight is 1170 g/mol. The number of hydrogen-bond donors (Lipinski definition) is 0. The summed E-state index contributed by atoms with van der Waals surface area (Å²) in [6, 6.07) is 98.7. The van der Waals surface area contributed by atoms with Gasteiger partial charge in [-0.2, -0.15) is 0 Å². The van der Waals surface area contributed by atoms with Crippen molar-refractivity contribution in [2.24, 2.45) is 0 Å². The molecule has 0 N–H and O–H groups in total. The van der Waals surface area contributed by atoms with Crippen LogP contribution in [0.4, 0.5) is 34.1 Å². The molecule has 7 heterocycles. The largest absolute Gasteiger partial charge is 0.456 e. The number of rotatable bonds is 7. The molecule has 7 aromatic heterocycles. The van der Waals surface area contributed by atoms with Crippen LogP contribution in [0.5, 0.6) is 0 Å². The first kappa shape index (κ1) is 48.3. The second-order valence-corrected chi connectivity index (χ2v) is 25.0. The van der Waals surface area contributed by atoms with Crippen molar-refractivity contribution in [1.29, 1.82) is 0 Å². The summed E-state index contributed by atoms with van der Waals surface area (Å²) in [7, 11) is 0. The van der Waals surface area contributed by atoms with Gasteiger partial charge in [-0.15, -0.1) is 11.3 Å². The molecule has 21 aromatic rings. The maximum atomic E-state index is 6.59. The van der Waals surface area contributed by atoms with E-state index in [0.29, 0.717) is 0 Å². The van der Waals surface area contributed by atoms with E-state index < -0.39 is 0 Å². The number of fused-ring (bicyclic) bond motifs is 22. The Hall–Kier alpha value is -11.8. The lowest BCUT2D eigenvalue weighted by Crippen LogP contribution is -2.09. The van der Waals surface area contributed by atoms with Gasteiger partial charge in [0.05, 0.1) is 16.6 Å². The molecular formula is C82H45N3O4S. The molecule has 0 spiro atoms. The molecule has 0 saturated carbocycles. The molecule has 0 amide bonds. The summed E-state index contributed by atoms with van der Waals surface area (Å²) < 4.78 is 30.8. The normalized spacial score (nSPS) is 12.4. The Labute approximate surface area is 515 Å². The first-order chi connectivity index (χ1) is 44.5. The minimum Gasteiger partial charge on any atom is -0.456 e. The third kappa shape index (κ3) is 6.87. The van der Waals surface area contributed by atoms with Gasteiger partial charge in [0, 0.05) is 131 Å². The monoisotopic (exact) mass is 1170 g/mol. The predicted octanol–water partition coefficient (Wildman–Crippen LogP) is 24.6. The van der Waals surface area contributed by atoms with E-state index in [0.717, 1.165) is 127 Å². The van der Waals surface area contributed by atoms with Gasteiger partial charge < -0.3 is 31.9 Å². The van der Waals surface area contributed by atoms with Crippen molar-refractivity contribution >= 4 is 202 Å². The predicted molar refractivity (Wildman–Crippen MR) is 375 cm³/mol. The van der Waals surface area contributed by atoms with Gasteiger partial charge in [-0.1, -0.05) is 115 Å². The second-order valence-electron chi connectivity index (χ2n) is 24.0. The van der Waals surface area contributed by atoms with Gasteiger partial charge in [0.1, 0.15) is 44.7 Å². The number of benzene rings is 14. The number of para-hydroxylation sites is 4. The van der Waals surface area contributed by atoms with Crippen LogP contribution in [0.2, 0.25) is 0 Å². The van der Waals surface area contributed by atoms with E-state index in [4.69, 9.17) is 17.7 Å². The molecule has 21 rings (SSSR count). The van der Waals surface area contributed by atoms with E-state index in [1.807, 2.05) is 59.9 Å². The van der Waals surface area contributed by atoms with Crippen molar-refractivity contribution in [2.75, 3.05) is 9.80 Å². The molecule has 0 aliphatic carbocycles. The molecule has 0 fully saturated rings. The molecule has 418 valence electrons. The molecule has 90 heavy (non-hydrogen) atoms. The van der Waals surface area contributed by atoms with Gasteiger partial charge in [-0.25, -0.2) is 0 Å². The summed E-state index contributed by atoms with van der Waals surface area (Å²) in [6.07, 6.45) is 0. The van der Waals surface area contributed by atoms with Crippen molar-refractivity contribution in [2.45, 2.75) is 0 Å². The Morgan fingerprint density at radius 3 is 1.22 bits per heavy atom. The third-order valence-corrected chi connectivity index (χ3v) is 20.1. The highest BCUT2D eigenvalue weighted by Crippen LogP contribution is 2.49. The van der Waals surface area contributed by atoms with Crippen LogP contribution >= 0.6 is 11.3 Å². The molecule has 0 unspecified atom stereocenters. The summed E-state index contributed by atoms with van der Waals surface area (Å²) in [5.41, 5.74) is 18.9. The van der Waals surface area contributed by atoms with Gasteiger partial charge in [0.2, 0.25) is 0 Å². The van der Waals surface area contributed by atoms with Crippen LogP contribution in [-0.4, -0.2) is 4.40 Å². The van der Waals surface area contributed by atoms with Crippen LogP contribution in [0.25, 0.3) is 168 Å². The number of anilines is 6. The van der Waals surface area contributed by atoms with Crippen LogP contribution in [0.15, 0.2) is 291 Å². The summed E-state index contributed by atoms with van der Waals surface area (Å²) >= 11 is 1.85.